The summed E-state index contributed by atoms with van der Waals surface area (Å²) in [7, 11) is 1.45. The standard InChI is InChI=1S/C25H25N7O3/c1-3-32-22(26)20(24(34)27-2)21(33)18-10-11-19(31-23(18)32)16-6-8-17(9-7-16)30-25(35)29-14-15-5-4-12-28-13-15/h4-13H,3,14,26H2,1-2H3,(H,27,34)(H2,29,30,35). The van der Waals surface area contributed by atoms with Gasteiger partial charge in [-0.3, -0.25) is 14.6 Å². The van der Waals surface area contributed by atoms with Crippen LogP contribution in [0, 0.1) is 0 Å². The zero-order chi connectivity index (χ0) is 24.9. The van der Waals surface area contributed by atoms with E-state index in [1.54, 1.807) is 41.2 Å². The molecule has 4 aromatic rings. The van der Waals surface area contributed by atoms with Gasteiger partial charge in [-0.15, -0.1) is 0 Å². The van der Waals surface area contributed by atoms with Crippen molar-refractivity contribution in [2.24, 2.45) is 0 Å². The smallest absolute Gasteiger partial charge is 0.319 e. The molecule has 0 atom stereocenters. The quantitative estimate of drug-likeness (QED) is 0.340. The van der Waals surface area contributed by atoms with Crippen LogP contribution in [0.3, 0.4) is 0 Å². The molecule has 10 heteroatoms. The van der Waals surface area contributed by atoms with E-state index in [4.69, 9.17) is 5.73 Å². The minimum absolute atomic E-state index is 0.0749. The summed E-state index contributed by atoms with van der Waals surface area (Å²) in [6.07, 6.45) is 3.37. The van der Waals surface area contributed by atoms with Gasteiger partial charge in [0.05, 0.1) is 11.1 Å². The minimum Gasteiger partial charge on any atom is -0.384 e. The number of nitrogens with two attached hydrogens (primary N) is 1. The maximum Gasteiger partial charge on any atom is 0.319 e. The lowest BCUT2D eigenvalue weighted by Gasteiger charge is -2.15. The molecule has 0 aliphatic carbocycles. The summed E-state index contributed by atoms with van der Waals surface area (Å²) in [5.41, 5.74) is 8.94. The number of nitrogen functional groups attached to an aromatic ring is 1. The van der Waals surface area contributed by atoms with Crippen LogP contribution in [0.1, 0.15) is 22.8 Å². The number of urea groups is 1. The first-order chi connectivity index (χ1) is 16.9. The molecule has 1 aromatic carbocycles. The van der Waals surface area contributed by atoms with E-state index in [1.807, 2.05) is 31.2 Å². The van der Waals surface area contributed by atoms with Gasteiger partial charge in [-0.05, 0) is 42.8 Å². The number of nitrogens with one attached hydrogen (secondary N) is 3. The lowest BCUT2D eigenvalue weighted by molar-refractivity contribution is 0.0962. The number of aryl methyl sites for hydroxylation is 1. The number of aromatic nitrogens is 3. The maximum atomic E-state index is 12.9. The van der Waals surface area contributed by atoms with Crippen LogP contribution in [0.25, 0.3) is 22.3 Å². The number of hydrogen-bond acceptors (Lipinski definition) is 6. The van der Waals surface area contributed by atoms with Gasteiger partial charge in [0.1, 0.15) is 17.0 Å². The Bertz CT molecular complexity index is 1450. The van der Waals surface area contributed by atoms with E-state index in [2.05, 4.69) is 25.9 Å². The van der Waals surface area contributed by atoms with Gasteiger partial charge in [0, 0.05) is 43.8 Å². The Balaban J connectivity index is 1.57. The molecule has 0 bridgehead atoms. The highest BCUT2D eigenvalue weighted by atomic mass is 16.2. The second kappa shape index (κ2) is 10.0. The van der Waals surface area contributed by atoms with Crippen molar-refractivity contribution < 1.29 is 9.59 Å². The van der Waals surface area contributed by atoms with Crippen molar-refractivity contribution in [2.75, 3.05) is 18.1 Å². The van der Waals surface area contributed by atoms with Gasteiger partial charge < -0.3 is 26.3 Å². The topological polar surface area (TPSA) is 144 Å². The summed E-state index contributed by atoms with van der Waals surface area (Å²) in [4.78, 5) is 46.0. The predicted molar refractivity (Wildman–Crippen MR) is 135 cm³/mol. The van der Waals surface area contributed by atoms with Crippen LogP contribution in [-0.2, 0) is 13.1 Å². The van der Waals surface area contributed by atoms with Crippen LogP contribution >= 0.6 is 0 Å². The number of amides is 3. The molecule has 5 N–H and O–H groups in total. The highest BCUT2D eigenvalue weighted by Gasteiger charge is 2.20. The number of fused-ring (bicyclic) bond motifs is 1. The normalized spacial score (nSPS) is 10.7. The van der Waals surface area contributed by atoms with E-state index < -0.39 is 11.3 Å². The summed E-state index contributed by atoms with van der Waals surface area (Å²) in [6.45, 7) is 2.66. The number of rotatable bonds is 6. The summed E-state index contributed by atoms with van der Waals surface area (Å²) < 4.78 is 1.65. The lowest BCUT2D eigenvalue weighted by Crippen LogP contribution is -2.30. The maximum absolute atomic E-state index is 12.9. The second-order valence-electron chi connectivity index (χ2n) is 7.73. The zero-order valence-corrected chi connectivity index (χ0v) is 19.3. The highest BCUT2D eigenvalue weighted by Crippen LogP contribution is 2.24. The summed E-state index contributed by atoms with van der Waals surface area (Å²) in [6, 6.07) is 13.9. The van der Waals surface area contributed by atoms with Crippen molar-refractivity contribution >= 4 is 34.5 Å². The van der Waals surface area contributed by atoms with Crippen LogP contribution in [-0.4, -0.2) is 33.5 Å². The van der Waals surface area contributed by atoms with Crippen LogP contribution in [0.4, 0.5) is 16.3 Å². The molecule has 0 fully saturated rings. The Morgan fingerprint density at radius 2 is 1.86 bits per heavy atom. The van der Waals surface area contributed by atoms with Crippen molar-refractivity contribution in [3.63, 3.8) is 0 Å². The molecule has 3 heterocycles. The third kappa shape index (κ3) is 4.81. The molecular weight excluding hydrogens is 446 g/mol. The molecule has 0 aliphatic heterocycles. The Labute approximate surface area is 201 Å². The minimum atomic E-state index is -0.534. The van der Waals surface area contributed by atoms with Crippen molar-refractivity contribution in [3.05, 3.63) is 82.3 Å². The molecule has 0 spiro atoms. The van der Waals surface area contributed by atoms with E-state index >= 15 is 0 Å². The van der Waals surface area contributed by atoms with E-state index in [-0.39, 0.29) is 17.4 Å². The van der Waals surface area contributed by atoms with Gasteiger partial charge in [-0.25, -0.2) is 9.78 Å². The molecule has 0 radical (unpaired) electrons. The Morgan fingerprint density at radius 1 is 1.09 bits per heavy atom. The van der Waals surface area contributed by atoms with E-state index in [0.29, 0.717) is 35.5 Å². The van der Waals surface area contributed by atoms with E-state index in [9.17, 15) is 14.4 Å². The van der Waals surface area contributed by atoms with Crippen molar-refractivity contribution in [3.8, 4) is 11.3 Å². The number of anilines is 2. The van der Waals surface area contributed by atoms with Gasteiger partial charge in [-0.1, -0.05) is 18.2 Å². The van der Waals surface area contributed by atoms with Crippen LogP contribution in [0.15, 0.2) is 65.7 Å². The van der Waals surface area contributed by atoms with Gasteiger partial charge in [-0.2, -0.15) is 0 Å². The summed E-state index contributed by atoms with van der Waals surface area (Å²) in [5, 5.41) is 8.34. The number of nitrogens with zero attached hydrogens (tertiary/aromatic N) is 3. The molecule has 0 saturated carbocycles. The van der Waals surface area contributed by atoms with Crippen molar-refractivity contribution in [1.82, 2.24) is 25.2 Å². The average molecular weight is 472 g/mol. The first kappa shape index (κ1) is 23.4. The van der Waals surface area contributed by atoms with Crippen molar-refractivity contribution in [2.45, 2.75) is 20.0 Å². The molecule has 0 saturated heterocycles. The van der Waals surface area contributed by atoms with E-state index in [1.165, 1.54) is 7.05 Å². The summed E-state index contributed by atoms with van der Waals surface area (Å²) in [5.74, 6) is -0.459. The van der Waals surface area contributed by atoms with Crippen LogP contribution < -0.4 is 27.1 Å². The fourth-order valence-electron chi connectivity index (χ4n) is 3.74. The Hall–Kier alpha value is -4.73. The third-order valence-corrected chi connectivity index (χ3v) is 5.53. The van der Waals surface area contributed by atoms with Crippen molar-refractivity contribution in [1.29, 1.82) is 0 Å². The van der Waals surface area contributed by atoms with Crippen LogP contribution in [0.2, 0.25) is 0 Å². The number of benzene rings is 1. The molecule has 0 unspecified atom stereocenters. The first-order valence-corrected chi connectivity index (χ1v) is 11.0. The zero-order valence-electron chi connectivity index (χ0n) is 19.3. The molecule has 3 amide bonds. The Morgan fingerprint density at radius 3 is 2.51 bits per heavy atom. The summed E-state index contributed by atoms with van der Waals surface area (Å²) >= 11 is 0. The predicted octanol–water partition coefficient (Wildman–Crippen LogP) is 2.74. The third-order valence-electron chi connectivity index (χ3n) is 5.53. The molecule has 10 nitrogen and oxygen atoms in total. The molecular formula is C25H25N7O3. The number of pyridine rings is 3. The molecule has 35 heavy (non-hydrogen) atoms. The van der Waals surface area contributed by atoms with Gasteiger partial charge in [0.2, 0.25) is 5.43 Å². The monoisotopic (exact) mass is 471 g/mol. The molecule has 0 aliphatic rings. The number of carbonyl (C=O) groups excluding carboxylic acids is 2. The highest BCUT2D eigenvalue weighted by molar-refractivity contribution is 6.01. The second-order valence-corrected chi connectivity index (χ2v) is 7.73. The molecule has 178 valence electrons. The fourth-order valence-corrected chi connectivity index (χ4v) is 3.74. The lowest BCUT2D eigenvalue weighted by atomic mass is 10.1. The van der Waals surface area contributed by atoms with Gasteiger partial charge in [0.15, 0.2) is 0 Å². The average Bonchev–Trinajstić information content (AvgIpc) is 2.88. The van der Waals surface area contributed by atoms with Gasteiger partial charge in [0.25, 0.3) is 5.91 Å². The van der Waals surface area contributed by atoms with E-state index in [0.717, 1.165) is 11.1 Å². The molecule has 4 rings (SSSR count). The van der Waals surface area contributed by atoms with Crippen LogP contribution in [0.5, 0.6) is 0 Å². The van der Waals surface area contributed by atoms with Gasteiger partial charge >= 0.3 is 6.03 Å². The SMILES string of the molecule is CCn1c(N)c(C(=O)NC)c(=O)c2ccc(-c3ccc(NC(=O)NCc4cccnc4)cc3)nc21. The fraction of sp³-hybridized carbons (Fsp3) is 0.160. The number of carbonyl (C=O) groups is 2. The molecule has 3 aromatic heterocycles. The Kier molecular flexibility index (Phi) is 6.72. The number of hydrogen-bond donors (Lipinski definition) is 4. The largest absolute Gasteiger partial charge is 0.384 e. The first-order valence-electron chi connectivity index (χ1n) is 11.0.